The van der Waals surface area contributed by atoms with E-state index >= 15 is 0 Å². The fourth-order valence-corrected chi connectivity index (χ4v) is 2.16. The van der Waals surface area contributed by atoms with Crippen molar-refractivity contribution < 1.29 is 4.79 Å². The number of carbonyl (C=O) groups excluding carboxylic acids is 1. The zero-order chi connectivity index (χ0) is 14.7. The summed E-state index contributed by atoms with van der Waals surface area (Å²) in [4.78, 5) is 10.8. The molecule has 2 rings (SSSR count). The molecule has 0 bridgehead atoms. The van der Waals surface area contributed by atoms with Gasteiger partial charge in [-0.15, -0.1) is 0 Å². The van der Waals surface area contributed by atoms with Crippen molar-refractivity contribution in [1.29, 1.82) is 0 Å². The molecule has 1 aromatic carbocycles. The molecular formula is C15H20N4O. The lowest BCUT2D eigenvalue weighted by atomic mass is 10.2. The molecule has 0 atom stereocenters. The van der Waals surface area contributed by atoms with Crippen molar-refractivity contribution in [3.05, 3.63) is 47.3 Å². The van der Waals surface area contributed by atoms with E-state index in [4.69, 9.17) is 5.73 Å². The Hall–Kier alpha value is -2.43. The van der Waals surface area contributed by atoms with E-state index in [2.05, 4.69) is 42.2 Å². The summed E-state index contributed by atoms with van der Waals surface area (Å²) < 4.78 is 2.17. The Morgan fingerprint density at radius 3 is 2.55 bits per heavy atom. The summed E-state index contributed by atoms with van der Waals surface area (Å²) in [6.07, 6.45) is 0. The highest BCUT2D eigenvalue weighted by atomic mass is 16.2. The van der Waals surface area contributed by atoms with Gasteiger partial charge in [0, 0.05) is 36.4 Å². The highest BCUT2D eigenvalue weighted by Crippen LogP contribution is 2.18. The van der Waals surface area contributed by atoms with E-state index in [1.54, 1.807) is 6.07 Å². The average Bonchev–Trinajstić information content (AvgIpc) is 2.64. The maximum atomic E-state index is 10.8. The number of aryl methyl sites for hydroxylation is 1. The minimum atomic E-state index is -0.559. The SMILES string of the molecule is Cc1cc(CNc2cccc(NC(N)=O)c2)c(C)n1C. The Morgan fingerprint density at radius 1 is 1.25 bits per heavy atom. The molecule has 0 aliphatic rings. The Bertz CT molecular complexity index is 631. The van der Waals surface area contributed by atoms with E-state index in [9.17, 15) is 4.79 Å². The predicted octanol–water partition coefficient (Wildman–Crippen LogP) is 2.74. The number of amides is 2. The Labute approximate surface area is 118 Å². The van der Waals surface area contributed by atoms with Crippen molar-refractivity contribution in [2.75, 3.05) is 10.6 Å². The molecule has 0 radical (unpaired) electrons. The molecule has 0 saturated carbocycles. The molecule has 106 valence electrons. The normalized spacial score (nSPS) is 10.3. The molecule has 5 heteroatoms. The second kappa shape index (κ2) is 5.69. The van der Waals surface area contributed by atoms with Crippen molar-refractivity contribution in [3.8, 4) is 0 Å². The first kappa shape index (κ1) is 14.0. The van der Waals surface area contributed by atoms with Crippen LogP contribution in [0.1, 0.15) is 17.0 Å². The van der Waals surface area contributed by atoms with E-state index in [1.807, 2.05) is 18.2 Å². The second-order valence-electron chi connectivity index (χ2n) is 4.88. The average molecular weight is 272 g/mol. The lowest BCUT2D eigenvalue weighted by molar-refractivity contribution is 0.259. The van der Waals surface area contributed by atoms with Gasteiger partial charge in [0.2, 0.25) is 0 Å². The van der Waals surface area contributed by atoms with Crippen LogP contribution in [0, 0.1) is 13.8 Å². The molecule has 0 aliphatic heterocycles. The molecule has 20 heavy (non-hydrogen) atoms. The van der Waals surface area contributed by atoms with Gasteiger partial charge in [-0.3, -0.25) is 0 Å². The molecule has 5 nitrogen and oxygen atoms in total. The van der Waals surface area contributed by atoms with Crippen LogP contribution in [0.2, 0.25) is 0 Å². The molecular weight excluding hydrogens is 252 g/mol. The highest BCUT2D eigenvalue weighted by Gasteiger charge is 2.06. The van der Waals surface area contributed by atoms with Gasteiger partial charge in [0.15, 0.2) is 0 Å². The summed E-state index contributed by atoms with van der Waals surface area (Å²) in [7, 11) is 2.06. The fourth-order valence-electron chi connectivity index (χ4n) is 2.16. The van der Waals surface area contributed by atoms with Crippen LogP contribution in [0.25, 0.3) is 0 Å². The molecule has 0 unspecified atom stereocenters. The Balaban J connectivity index is 2.07. The molecule has 4 N–H and O–H groups in total. The summed E-state index contributed by atoms with van der Waals surface area (Å²) in [6.45, 7) is 4.94. The van der Waals surface area contributed by atoms with E-state index in [-0.39, 0.29) is 0 Å². The van der Waals surface area contributed by atoms with Crippen LogP contribution >= 0.6 is 0 Å². The number of primary amides is 1. The molecule has 2 amide bonds. The standard InChI is InChI=1S/C15H20N4O/c1-10-7-12(11(2)19(10)3)9-17-13-5-4-6-14(8-13)18-15(16)20/h4-8,17H,9H2,1-3H3,(H3,16,18,20). The van der Waals surface area contributed by atoms with Crippen molar-refractivity contribution >= 4 is 17.4 Å². The van der Waals surface area contributed by atoms with Crippen LogP contribution in [-0.4, -0.2) is 10.6 Å². The number of hydrogen-bond acceptors (Lipinski definition) is 2. The topological polar surface area (TPSA) is 72.1 Å². The van der Waals surface area contributed by atoms with Crippen molar-refractivity contribution in [1.82, 2.24) is 4.57 Å². The molecule has 0 fully saturated rings. The van der Waals surface area contributed by atoms with Crippen LogP contribution in [0.3, 0.4) is 0 Å². The number of carbonyl (C=O) groups is 1. The number of benzene rings is 1. The first-order chi connectivity index (χ1) is 9.47. The number of anilines is 2. The van der Waals surface area contributed by atoms with Gasteiger partial charge in [-0.25, -0.2) is 4.79 Å². The minimum absolute atomic E-state index is 0.559. The smallest absolute Gasteiger partial charge is 0.316 e. The van der Waals surface area contributed by atoms with Gasteiger partial charge >= 0.3 is 6.03 Å². The van der Waals surface area contributed by atoms with Gasteiger partial charge in [0.25, 0.3) is 0 Å². The van der Waals surface area contributed by atoms with E-state index in [0.29, 0.717) is 5.69 Å². The maximum Gasteiger partial charge on any atom is 0.316 e. The highest BCUT2D eigenvalue weighted by molar-refractivity contribution is 5.88. The molecule has 1 heterocycles. The number of urea groups is 1. The van der Waals surface area contributed by atoms with Crippen molar-refractivity contribution in [3.63, 3.8) is 0 Å². The third-order valence-corrected chi connectivity index (χ3v) is 3.49. The maximum absolute atomic E-state index is 10.8. The Kier molecular flexibility index (Phi) is 3.98. The summed E-state index contributed by atoms with van der Waals surface area (Å²) in [6, 6.07) is 9.10. The molecule has 2 aromatic rings. The fraction of sp³-hybridized carbons (Fsp3) is 0.267. The third-order valence-electron chi connectivity index (χ3n) is 3.49. The molecule has 0 saturated heterocycles. The summed E-state index contributed by atoms with van der Waals surface area (Å²) in [5.74, 6) is 0. The van der Waals surface area contributed by atoms with Gasteiger partial charge in [-0.05, 0) is 43.7 Å². The zero-order valence-electron chi connectivity index (χ0n) is 12.0. The van der Waals surface area contributed by atoms with E-state index in [1.165, 1.54) is 17.0 Å². The minimum Gasteiger partial charge on any atom is -0.381 e. The molecule has 1 aromatic heterocycles. The van der Waals surface area contributed by atoms with Gasteiger partial charge < -0.3 is 20.9 Å². The summed E-state index contributed by atoms with van der Waals surface area (Å²) >= 11 is 0. The van der Waals surface area contributed by atoms with Crippen LogP contribution in [0.15, 0.2) is 30.3 Å². The van der Waals surface area contributed by atoms with Crippen LogP contribution < -0.4 is 16.4 Å². The lowest BCUT2D eigenvalue weighted by Gasteiger charge is -2.09. The lowest BCUT2D eigenvalue weighted by Crippen LogP contribution is -2.19. The predicted molar refractivity (Wildman–Crippen MR) is 81.9 cm³/mol. The van der Waals surface area contributed by atoms with Gasteiger partial charge in [-0.1, -0.05) is 6.07 Å². The van der Waals surface area contributed by atoms with Gasteiger partial charge in [0.1, 0.15) is 0 Å². The third kappa shape index (κ3) is 3.12. The monoisotopic (exact) mass is 272 g/mol. The summed E-state index contributed by atoms with van der Waals surface area (Å²) in [5, 5.41) is 5.91. The molecule has 0 spiro atoms. The largest absolute Gasteiger partial charge is 0.381 e. The van der Waals surface area contributed by atoms with E-state index < -0.39 is 6.03 Å². The van der Waals surface area contributed by atoms with Gasteiger partial charge in [-0.2, -0.15) is 0 Å². The zero-order valence-corrected chi connectivity index (χ0v) is 12.0. The number of aromatic nitrogens is 1. The number of rotatable bonds is 4. The number of nitrogens with two attached hydrogens (primary N) is 1. The number of nitrogens with one attached hydrogen (secondary N) is 2. The van der Waals surface area contributed by atoms with Crippen LogP contribution in [0.4, 0.5) is 16.2 Å². The molecule has 0 aliphatic carbocycles. The Morgan fingerprint density at radius 2 is 1.95 bits per heavy atom. The van der Waals surface area contributed by atoms with E-state index in [0.717, 1.165) is 12.2 Å². The first-order valence-corrected chi connectivity index (χ1v) is 6.49. The van der Waals surface area contributed by atoms with Crippen LogP contribution in [-0.2, 0) is 13.6 Å². The summed E-state index contributed by atoms with van der Waals surface area (Å²) in [5.41, 5.74) is 10.5. The van der Waals surface area contributed by atoms with Gasteiger partial charge in [0.05, 0.1) is 0 Å². The van der Waals surface area contributed by atoms with Crippen LogP contribution in [0.5, 0.6) is 0 Å². The van der Waals surface area contributed by atoms with Crippen molar-refractivity contribution in [2.24, 2.45) is 12.8 Å². The number of hydrogen-bond donors (Lipinski definition) is 3. The number of nitrogens with zero attached hydrogens (tertiary/aromatic N) is 1. The quantitative estimate of drug-likeness (QED) is 0.800. The van der Waals surface area contributed by atoms with Crippen molar-refractivity contribution in [2.45, 2.75) is 20.4 Å². The first-order valence-electron chi connectivity index (χ1n) is 6.49. The second-order valence-corrected chi connectivity index (χ2v) is 4.88.